The molecule has 7 heteroatoms. The van der Waals surface area contributed by atoms with E-state index in [2.05, 4.69) is 5.32 Å². The van der Waals surface area contributed by atoms with Crippen molar-refractivity contribution in [1.82, 2.24) is 0 Å². The molecule has 4 nitrogen and oxygen atoms in total. The lowest BCUT2D eigenvalue weighted by molar-refractivity contribution is -0.137. The van der Waals surface area contributed by atoms with Crippen molar-refractivity contribution < 1.29 is 18.0 Å². The molecule has 0 aliphatic heterocycles. The van der Waals surface area contributed by atoms with Crippen LogP contribution in [0.1, 0.15) is 30.9 Å². The van der Waals surface area contributed by atoms with Crippen molar-refractivity contribution in [3.63, 3.8) is 0 Å². The molecule has 0 radical (unpaired) electrons. The highest BCUT2D eigenvalue weighted by atomic mass is 19.4. The Morgan fingerprint density at radius 2 is 2.15 bits per heavy atom. The van der Waals surface area contributed by atoms with Gasteiger partial charge in [-0.25, -0.2) is 0 Å². The topological polar surface area (TPSA) is 78.9 Å². The molecule has 1 aromatic rings. The zero-order valence-electron chi connectivity index (χ0n) is 10.8. The maximum atomic E-state index is 12.5. The molecule has 1 atom stereocenters. The minimum absolute atomic E-state index is 0.0250. The Balaban J connectivity index is 2.98. The van der Waals surface area contributed by atoms with E-state index >= 15 is 0 Å². The zero-order chi connectivity index (χ0) is 15.3. The van der Waals surface area contributed by atoms with Gasteiger partial charge in [0.05, 0.1) is 22.9 Å². The molecular formula is C13H14F3N3O. The smallest absolute Gasteiger partial charge is 0.324 e. The van der Waals surface area contributed by atoms with Crippen LogP contribution >= 0.6 is 0 Å². The third-order valence-corrected chi connectivity index (χ3v) is 2.66. The van der Waals surface area contributed by atoms with E-state index in [4.69, 9.17) is 11.0 Å². The van der Waals surface area contributed by atoms with Crippen molar-refractivity contribution in [3.8, 4) is 6.07 Å². The van der Waals surface area contributed by atoms with E-state index in [-0.39, 0.29) is 11.3 Å². The summed E-state index contributed by atoms with van der Waals surface area (Å²) in [5.74, 6) is -0.525. The van der Waals surface area contributed by atoms with Gasteiger partial charge in [0, 0.05) is 0 Å². The Hall–Kier alpha value is -2.07. The zero-order valence-corrected chi connectivity index (χ0v) is 10.8. The maximum absolute atomic E-state index is 12.5. The molecule has 0 heterocycles. The van der Waals surface area contributed by atoms with Gasteiger partial charge in [-0.05, 0) is 24.6 Å². The molecule has 0 spiro atoms. The lowest BCUT2D eigenvalue weighted by Crippen LogP contribution is -2.35. The first kappa shape index (κ1) is 16.0. The number of amides is 1. The first-order chi connectivity index (χ1) is 9.29. The third-order valence-electron chi connectivity index (χ3n) is 2.66. The summed E-state index contributed by atoms with van der Waals surface area (Å²) in [4.78, 5) is 11.7. The molecule has 0 aliphatic carbocycles. The van der Waals surface area contributed by atoms with E-state index in [1.54, 1.807) is 6.07 Å². The van der Waals surface area contributed by atoms with E-state index in [0.29, 0.717) is 18.9 Å². The van der Waals surface area contributed by atoms with Crippen LogP contribution in [0.15, 0.2) is 18.2 Å². The lowest BCUT2D eigenvalue weighted by Gasteiger charge is -2.13. The van der Waals surface area contributed by atoms with Crippen LogP contribution in [-0.4, -0.2) is 11.9 Å². The van der Waals surface area contributed by atoms with Gasteiger partial charge < -0.3 is 11.1 Å². The fourth-order valence-corrected chi connectivity index (χ4v) is 1.59. The highest BCUT2D eigenvalue weighted by Crippen LogP contribution is 2.31. The molecule has 0 aromatic heterocycles. The number of carbonyl (C=O) groups excluding carboxylic acids is 1. The van der Waals surface area contributed by atoms with E-state index < -0.39 is 23.7 Å². The predicted molar refractivity (Wildman–Crippen MR) is 67.7 cm³/mol. The molecule has 0 saturated carbocycles. The summed E-state index contributed by atoms with van der Waals surface area (Å²) in [6.45, 7) is 1.85. The van der Waals surface area contributed by atoms with Gasteiger partial charge in [-0.2, -0.15) is 18.4 Å². The van der Waals surface area contributed by atoms with Crippen LogP contribution in [0.25, 0.3) is 0 Å². The largest absolute Gasteiger partial charge is 0.416 e. The normalized spacial score (nSPS) is 12.6. The number of halogens is 3. The van der Waals surface area contributed by atoms with E-state index in [0.717, 1.165) is 12.1 Å². The number of rotatable bonds is 4. The summed E-state index contributed by atoms with van der Waals surface area (Å²) in [7, 11) is 0. The second-order valence-corrected chi connectivity index (χ2v) is 4.25. The molecule has 0 bridgehead atoms. The minimum atomic E-state index is -4.53. The Morgan fingerprint density at radius 1 is 1.50 bits per heavy atom. The van der Waals surface area contributed by atoms with Gasteiger partial charge in [0.25, 0.3) is 0 Å². The van der Waals surface area contributed by atoms with Gasteiger partial charge in [0.15, 0.2) is 0 Å². The van der Waals surface area contributed by atoms with E-state index in [9.17, 15) is 18.0 Å². The summed E-state index contributed by atoms with van der Waals surface area (Å²) >= 11 is 0. The van der Waals surface area contributed by atoms with Gasteiger partial charge in [0.2, 0.25) is 5.91 Å². The predicted octanol–water partition coefficient (Wildman–Crippen LogP) is 2.64. The number of nitrogens with two attached hydrogens (primary N) is 1. The monoisotopic (exact) mass is 285 g/mol. The number of nitriles is 1. The highest BCUT2D eigenvalue weighted by molar-refractivity contribution is 5.95. The summed E-state index contributed by atoms with van der Waals surface area (Å²) in [6, 6.07) is 3.43. The quantitative estimate of drug-likeness (QED) is 0.892. The van der Waals surface area contributed by atoms with Crippen LogP contribution in [0.4, 0.5) is 18.9 Å². The molecule has 1 amide bonds. The Bertz CT molecular complexity index is 535. The standard InChI is InChI=1S/C13H14F3N3O/c1-2-3-10(18)12(20)19-11-5-4-9(13(14,15)16)6-8(11)7-17/h4-6,10H,2-3,18H2,1H3,(H,19,20). The number of nitrogens with one attached hydrogen (secondary N) is 1. The van der Waals surface area contributed by atoms with Gasteiger partial charge >= 0.3 is 6.18 Å². The van der Waals surface area contributed by atoms with Gasteiger partial charge in [-0.15, -0.1) is 0 Å². The maximum Gasteiger partial charge on any atom is 0.416 e. The SMILES string of the molecule is CCCC(N)C(=O)Nc1ccc(C(F)(F)F)cc1C#N. The van der Waals surface area contributed by atoms with Crippen LogP contribution < -0.4 is 11.1 Å². The average molecular weight is 285 g/mol. The molecule has 1 unspecified atom stereocenters. The average Bonchev–Trinajstić information content (AvgIpc) is 2.38. The van der Waals surface area contributed by atoms with Crippen LogP contribution in [0, 0.1) is 11.3 Å². The number of hydrogen-bond donors (Lipinski definition) is 2. The van der Waals surface area contributed by atoms with Gasteiger partial charge in [-0.1, -0.05) is 13.3 Å². The molecule has 0 fully saturated rings. The molecule has 1 aromatic carbocycles. The number of alkyl halides is 3. The number of nitrogens with zero attached hydrogens (tertiary/aromatic N) is 1. The summed E-state index contributed by atoms with van der Waals surface area (Å²) < 4.78 is 37.5. The van der Waals surface area contributed by atoms with Crippen LogP contribution in [0.3, 0.4) is 0 Å². The summed E-state index contributed by atoms with van der Waals surface area (Å²) in [6.07, 6.45) is -3.38. The molecule has 0 aliphatic rings. The van der Waals surface area contributed by atoms with Gasteiger partial charge in [0.1, 0.15) is 6.07 Å². The fourth-order valence-electron chi connectivity index (χ4n) is 1.59. The van der Waals surface area contributed by atoms with Crippen molar-refractivity contribution in [2.75, 3.05) is 5.32 Å². The van der Waals surface area contributed by atoms with Crippen LogP contribution in [-0.2, 0) is 11.0 Å². The minimum Gasteiger partial charge on any atom is -0.324 e. The van der Waals surface area contributed by atoms with Crippen LogP contribution in [0.5, 0.6) is 0 Å². The van der Waals surface area contributed by atoms with E-state index in [1.807, 2.05) is 6.92 Å². The molecule has 20 heavy (non-hydrogen) atoms. The van der Waals surface area contributed by atoms with Crippen molar-refractivity contribution in [3.05, 3.63) is 29.3 Å². The fraction of sp³-hybridized carbons (Fsp3) is 0.385. The molecular weight excluding hydrogens is 271 g/mol. The third kappa shape index (κ3) is 3.96. The highest BCUT2D eigenvalue weighted by Gasteiger charge is 2.31. The lowest BCUT2D eigenvalue weighted by atomic mass is 10.1. The number of hydrogen-bond acceptors (Lipinski definition) is 3. The molecule has 108 valence electrons. The second kappa shape index (κ2) is 6.39. The first-order valence-electron chi connectivity index (χ1n) is 5.97. The number of carbonyl (C=O) groups is 1. The van der Waals surface area contributed by atoms with Gasteiger partial charge in [-0.3, -0.25) is 4.79 Å². The Kier molecular flexibility index (Phi) is 5.11. The van der Waals surface area contributed by atoms with Crippen molar-refractivity contribution >= 4 is 11.6 Å². The Morgan fingerprint density at radius 3 is 2.65 bits per heavy atom. The number of anilines is 1. The van der Waals surface area contributed by atoms with Crippen molar-refractivity contribution in [1.29, 1.82) is 5.26 Å². The number of benzene rings is 1. The summed E-state index contributed by atoms with van der Waals surface area (Å²) in [5, 5.41) is 11.2. The Labute approximate surface area is 114 Å². The second-order valence-electron chi connectivity index (χ2n) is 4.25. The molecule has 0 saturated heterocycles. The van der Waals surface area contributed by atoms with E-state index in [1.165, 1.54) is 0 Å². The van der Waals surface area contributed by atoms with Crippen molar-refractivity contribution in [2.45, 2.75) is 32.0 Å². The summed E-state index contributed by atoms with van der Waals surface area (Å²) in [5.41, 5.74) is 4.42. The first-order valence-corrected chi connectivity index (χ1v) is 5.97. The molecule has 3 N–H and O–H groups in total. The van der Waals surface area contributed by atoms with Crippen molar-refractivity contribution in [2.24, 2.45) is 5.73 Å². The van der Waals surface area contributed by atoms with Crippen LogP contribution in [0.2, 0.25) is 0 Å². The molecule has 1 rings (SSSR count).